The zero-order valence-corrected chi connectivity index (χ0v) is 15.1. The van der Waals surface area contributed by atoms with Gasteiger partial charge in [-0.25, -0.2) is 9.57 Å². The second-order valence-corrected chi connectivity index (χ2v) is 6.65. The molecule has 0 saturated heterocycles. The van der Waals surface area contributed by atoms with Crippen LogP contribution in [0.3, 0.4) is 0 Å². The summed E-state index contributed by atoms with van der Waals surface area (Å²) in [5.74, 6) is 3.30. The smallest absolute Gasteiger partial charge is 0.246 e. The highest BCUT2D eigenvalue weighted by Gasteiger charge is 2.25. The second kappa shape index (κ2) is 5.90. The van der Waals surface area contributed by atoms with Crippen LogP contribution in [0, 0.1) is 0 Å². The van der Waals surface area contributed by atoms with Gasteiger partial charge in [0.15, 0.2) is 23.8 Å². The standard InChI is InChI=1S/C20H22N3O3/c1-3-22-5-7-24-19-9-13-17(11-15(19)22)26-18-12-16-20(10-14(18)21-13)25-8-6-23(16)4-2/h9-12H,3-8H2,1-2H3/q+1. The number of ether oxygens (including phenoxy) is 3. The van der Waals surface area contributed by atoms with Gasteiger partial charge in [-0.3, -0.25) is 0 Å². The molecule has 0 unspecified atom stereocenters. The highest BCUT2D eigenvalue weighted by atomic mass is 16.5. The summed E-state index contributed by atoms with van der Waals surface area (Å²) in [7, 11) is 0. The zero-order chi connectivity index (χ0) is 17.7. The van der Waals surface area contributed by atoms with Gasteiger partial charge in [0.1, 0.15) is 36.6 Å². The van der Waals surface area contributed by atoms with Gasteiger partial charge >= 0.3 is 0 Å². The van der Waals surface area contributed by atoms with Crippen molar-refractivity contribution in [3.63, 3.8) is 0 Å². The minimum absolute atomic E-state index is 0.700. The number of likely N-dealkylation sites (N-methyl/N-ethyl adjacent to an activating group) is 2. The van der Waals surface area contributed by atoms with Gasteiger partial charge in [0.2, 0.25) is 5.36 Å². The summed E-state index contributed by atoms with van der Waals surface area (Å²) in [5, 5.41) is 1.88. The van der Waals surface area contributed by atoms with Crippen molar-refractivity contribution >= 4 is 11.4 Å². The fraction of sp³-hybridized carbons (Fsp3) is 0.400. The van der Waals surface area contributed by atoms with Crippen molar-refractivity contribution in [2.24, 2.45) is 4.99 Å². The molecule has 0 atom stereocenters. The Morgan fingerprint density at radius 2 is 1.88 bits per heavy atom. The van der Waals surface area contributed by atoms with E-state index in [9.17, 15) is 0 Å². The molecule has 2 aromatic rings. The Bertz CT molecular complexity index is 1020. The van der Waals surface area contributed by atoms with Crippen LogP contribution in [0.2, 0.25) is 0 Å². The molecule has 0 aliphatic carbocycles. The normalized spacial score (nSPS) is 16.8. The largest absolute Gasteiger partial charge is 0.489 e. The van der Waals surface area contributed by atoms with Crippen LogP contribution >= 0.6 is 0 Å². The number of hydrogen-bond acceptors (Lipinski definition) is 5. The minimum atomic E-state index is 0.700. The van der Waals surface area contributed by atoms with Crippen LogP contribution in [-0.2, 0) is 0 Å². The van der Waals surface area contributed by atoms with Gasteiger partial charge in [0.25, 0.3) is 0 Å². The number of benzene rings is 2. The van der Waals surface area contributed by atoms with Gasteiger partial charge in [0, 0.05) is 24.7 Å². The molecule has 0 amide bonds. The lowest BCUT2D eigenvalue weighted by Gasteiger charge is -2.31. The summed E-state index contributed by atoms with van der Waals surface area (Å²) in [4.78, 5) is 7.11. The third kappa shape index (κ3) is 2.32. The van der Waals surface area contributed by atoms with Crippen molar-refractivity contribution in [3.8, 4) is 23.0 Å². The molecule has 6 heteroatoms. The Hall–Kier alpha value is -2.76. The van der Waals surface area contributed by atoms with Crippen LogP contribution < -0.4 is 34.4 Å². The summed E-state index contributed by atoms with van der Waals surface area (Å²) in [6.07, 6.45) is 0. The summed E-state index contributed by atoms with van der Waals surface area (Å²) >= 11 is 0. The topological polar surface area (TPSA) is 46.3 Å². The molecular formula is C20H22N3O3+. The van der Waals surface area contributed by atoms with Crippen LogP contribution in [0.25, 0.3) is 0 Å². The Kier molecular flexibility index (Phi) is 3.51. The van der Waals surface area contributed by atoms with Gasteiger partial charge in [-0.2, -0.15) is 0 Å². The molecule has 0 N–H and O–H groups in total. The Morgan fingerprint density at radius 3 is 2.73 bits per heavy atom. The van der Waals surface area contributed by atoms with E-state index in [1.165, 1.54) is 0 Å². The Labute approximate surface area is 151 Å². The van der Waals surface area contributed by atoms with E-state index in [1.54, 1.807) is 0 Å². The maximum absolute atomic E-state index is 6.24. The van der Waals surface area contributed by atoms with Crippen LogP contribution in [0.4, 0.5) is 11.4 Å². The summed E-state index contributed by atoms with van der Waals surface area (Å²) in [6.45, 7) is 9.38. The maximum atomic E-state index is 6.24. The SMILES string of the molecule is CCN1CCOc2cc3c(cc21)Oc1cc2c(cc1=N3)OCC[N+]=2CC. The molecule has 5 rings (SSSR count). The molecule has 0 radical (unpaired) electrons. The Balaban J connectivity index is 1.68. The maximum Gasteiger partial charge on any atom is 0.246 e. The first-order valence-electron chi connectivity index (χ1n) is 9.28. The highest BCUT2D eigenvalue weighted by Crippen LogP contribution is 2.44. The summed E-state index contributed by atoms with van der Waals surface area (Å²) < 4.78 is 20.2. The molecule has 2 aromatic carbocycles. The monoisotopic (exact) mass is 352 g/mol. The first-order chi connectivity index (χ1) is 12.8. The third-order valence-corrected chi connectivity index (χ3v) is 5.22. The van der Waals surface area contributed by atoms with E-state index >= 15 is 0 Å². The van der Waals surface area contributed by atoms with E-state index < -0.39 is 0 Å². The molecule has 0 bridgehead atoms. The van der Waals surface area contributed by atoms with Gasteiger partial charge in [-0.15, -0.1) is 0 Å². The minimum Gasteiger partial charge on any atom is -0.489 e. The van der Waals surface area contributed by atoms with Crippen molar-refractivity contribution < 1.29 is 14.2 Å². The zero-order valence-electron chi connectivity index (χ0n) is 15.1. The van der Waals surface area contributed by atoms with Crippen LogP contribution in [0.1, 0.15) is 13.8 Å². The van der Waals surface area contributed by atoms with Gasteiger partial charge < -0.3 is 19.1 Å². The van der Waals surface area contributed by atoms with Crippen molar-refractivity contribution in [3.05, 3.63) is 35.0 Å². The molecule has 3 heterocycles. The molecule has 0 fully saturated rings. The van der Waals surface area contributed by atoms with E-state index in [1.807, 2.05) is 24.3 Å². The first-order valence-corrected chi connectivity index (χ1v) is 9.28. The molecule has 0 aromatic heterocycles. The van der Waals surface area contributed by atoms with Crippen LogP contribution in [-0.4, -0.2) is 39.4 Å². The first kappa shape index (κ1) is 15.5. The predicted octanol–water partition coefficient (Wildman–Crippen LogP) is 1.87. The molecular weight excluding hydrogens is 330 g/mol. The molecule has 26 heavy (non-hydrogen) atoms. The number of anilines is 1. The number of fused-ring (bicyclic) bond motifs is 4. The van der Waals surface area contributed by atoms with E-state index in [-0.39, 0.29) is 0 Å². The third-order valence-electron chi connectivity index (χ3n) is 5.22. The lowest BCUT2D eigenvalue weighted by molar-refractivity contribution is 0.272. The molecule has 3 aliphatic heterocycles. The van der Waals surface area contributed by atoms with E-state index in [4.69, 9.17) is 19.2 Å². The summed E-state index contributed by atoms with van der Waals surface area (Å²) in [6, 6.07) is 8.06. The van der Waals surface area contributed by atoms with Gasteiger partial charge in [-0.1, -0.05) is 0 Å². The fourth-order valence-electron chi connectivity index (χ4n) is 3.82. The van der Waals surface area contributed by atoms with E-state index in [0.717, 1.165) is 71.3 Å². The second-order valence-electron chi connectivity index (χ2n) is 6.65. The molecule has 3 aliphatic rings. The molecule has 134 valence electrons. The average Bonchev–Trinajstić information content (AvgIpc) is 2.68. The van der Waals surface area contributed by atoms with Gasteiger partial charge in [-0.05, 0) is 13.8 Å². The number of rotatable bonds is 2. The average molecular weight is 352 g/mol. The highest BCUT2D eigenvalue weighted by molar-refractivity contribution is 5.72. The van der Waals surface area contributed by atoms with Crippen LogP contribution in [0.5, 0.6) is 23.0 Å². The van der Waals surface area contributed by atoms with Crippen molar-refractivity contribution in [1.29, 1.82) is 0 Å². The van der Waals surface area contributed by atoms with E-state index in [2.05, 4.69) is 23.3 Å². The number of hydrogen-bond donors (Lipinski definition) is 0. The summed E-state index contributed by atoms with van der Waals surface area (Å²) in [5.41, 5.74) is 1.88. The molecule has 6 nitrogen and oxygen atoms in total. The Morgan fingerprint density at radius 1 is 1.00 bits per heavy atom. The molecule has 0 saturated carbocycles. The molecule has 0 spiro atoms. The number of nitrogens with zero attached hydrogens (tertiary/aromatic N) is 3. The quantitative estimate of drug-likeness (QED) is 0.661. The van der Waals surface area contributed by atoms with Crippen LogP contribution in [0.15, 0.2) is 29.3 Å². The fourth-order valence-corrected chi connectivity index (χ4v) is 3.82. The lowest BCUT2D eigenvalue weighted by atomic mass is 10.1. The van der Waals surface area contributed by atoms with Crippen molar-refractivity contribution in [2.75, 3.05) is 44.3 Å². The van der Waals surface area contributed by atoms with Crippen molar-refractivity contribution in [2.45, 2.75) is 13.8 Å². The van der Waals surface area contributed by atoms with Crippen molar-refractivity contribution in [1.82, 2.24) is 4.58 Å². The van der Waals surface area contributed by atoms with Gasteiger partial charge in [0.05, 0.1) is 18.3 Å². The predicted molar refractivity (Wildman–Crippen MR) is 98.9 cm³/mol. The van der Waals surface area contributed by atoms with E-state index in [0.29, 0.717) is 13.2 Å². The lowest BCUT2D eigenvalue weighted by Crippen LogP contribution is -2.40.